The highest BCUT2D eigenvalue weighted by atomic mass is 35.5. The number of halogens is 1. The average Bonchev–Trinajstić information content (AvgIpc) is 2.48. The molecule has 0 aliphatic heterocycles. The third-order valence-corrected chi connectivity index (χ3v) is 3.20. The smallest absolute Gasteiger partial charge is 0.337 e. The van der Waals surface area contributed by atoms with Gasteiger partial charge in [-0.2, -0.15) is 0 Å². The Morgan fingerprint density at radius 3 is 2.32 bits per heavy atom. The van der Waals surface area contributed by atoms with Crippen molar-refractivity contribution in [1.82, 2.24) is 5.32 Å². The summed E-state index contributed by atoms with van der Waals surface area (Å²) in [6.07, 6.45) is 0. The normalized spacial score (nSPS) is 9.86. The first-order valence-electron chi connectivity index (χ1n) is 6.17. The highest BCUT2D eigenvalue weighted by molar-refractivity contribution is 7.80. The number of rotatable bonds is 3. The van der Waals surface area contributed by atoms with Crippen LogP contribution in [0.5, 0.6) is 0 Å². The van der Waals surface area contributed by atoms with Gasteiger partial charge in [-0.15, -0.1) is 0 Å². The third kappa shape index (κ3) is 4.03. The quantitative estimate of drug-likeness (QED) is 0.751. The van der Waals surface area contributed by atoms with Crippen LogP contribution in [0.25, 0.3) is 0 Å². The Hall–Kier alpha value is -2.44. The second-order valence-electron chi connectivity index (χ2n) is 4.27. The van der Waals surface area contributed by atoms with E-state index >= 15 is 0 Å². The molecule has 0 atom stereocenters. The number of hydrogen-bond donors (Lipinski definition) is 3. The molecule has 0 radical (unpaired) electrons. The summed E-state index contributed by atoms with van der Waals surface area (Å²) >= 11 is 10.8. The van der Waals surface area contributed by atoms with Gasteiger partial charge in [0.05, 0.1) is 11.3 Å². The lowest BCUT2D eigenvalue weighted by atomic mass is 10.2. The Morgan fingerprint density at radius 1 is 1.05 bits per heavy atom. The van der Waals surface area contributed by atoms with Crippen LogP contribution >= 0.6 is 23.8 Å². The predicted molar refractivity (Wildman–Crippen MR) is 88.5 cm³/mol. The lowest BCUT2D eigenvalue weighted by Crippen LogP contribution is -2.34. The van der Waals surface area contributed by atoms with Crippen molar-refractivity contribution in [2.45, 2.75) is 0 Å². The van der Waals surface area contributed by atoms with Crippen LogP contribution < -0.4 is 10.6 Å². The summed E-state index contributed by atoms with van der Waals surface area (Å²) in [7, 11) is 0. The van der Waals surface area contributed by atoms with Crippen molar-refractivity contribution in [2.75, 3.05) is 5.32 Å². The molecule has 0 aromatic heterocycles. The van der Waals surface area contributed by atoms with Gasteiger partial charge in [-0.25, -0.2) is 4.79 Å². The number of carboxylic acids is 1. The van der Waals surface area contributed by atoms with Crippen LogP contribution in [-0.4, -0.2) is 22.1 Å². The number of carboxylic acid groups (broad SMARTS) is 1. The van der Waals surface area contributed by atoms with Crippen molar-refractivity contribution in [3.05, 3.63) is 64.7 Å². The van der Waals surface area contributed by atoms with Gasteiger partial charge >= 0.3 is 5.97 Å². The summed E-state index contributed by atoms with van der Waals surface area (Å²) in [4.78, 5) is 23.1. The second kappa shape index (κ2) is 7.02. The van der Waals surface area contributed by atoms with Crippen molar-refractivity contribution in [1.29, 1.82) is 0 Å². The largest absolute Gasteiger partial charge is 0.478 e. The molecular formula is C15H11ClN2O3S. The predicted octanol–water partition coefficient (Wildman–Crippen LogP) is 3.17. The zero-order chi connectivity index (χ0) is 16.1. The van der Waals surface area contributed by atoms with E-state index in [1.165, 1.54) is 6.07 Å². The molecule has 0 saturated carbocycles. The first-order valence-corrected chi connectivity index (χ1v) is 6.96. The SMILES string of the molecule is O=C(NC(=S)Nc1ccccc1C(=O)O)c1ccc(Cl)cc1. The number of benzene rings is 2. The van der Waals surface area contributed by atoms with E-state index < -0.39 is 11.9 Å². The molecule has 0 aliphatic carbocycles. The second-order valence-corrected chi connectivity index (χ2v) is 5.11. The van der Waals surface area contributed by atoms with Crippen LogP contribution in [0.15, 0.2) is 48.5 Å². The molecule has 0 spiro atoms. The summed E-state index contributed by atoms with van der Waals surface area (Å²) in [6.45, 7) is 0. The fraction of sp³-hybridized carbons (Fsp3) is 0. The van der Waals surface area contributed by atoms with Crippen molar-refractivity contribution in [3.63, 3.8) is 0 Å². The molecule has 5 nitrogen and oxygen atoms in total. The maximum absolute atomic E-state index is 12.0. The number of amides is 1. The summed E-state index contributed by atoms with van der Waals surface area (Å²) in [5.41, 5.74) is 0.752. The van der Waals surface area contributed by atoms with Crippen LogP contribution in [-0.2, 0) is 0 Å². The Labute approximate surface area is 136 Å². The van der Waals surface area contributed by atoms with Gasteiger partial charge in [0.1, 0.15) is 0 Å². The van der Waals surface area contributed by atoms with Gasteiger partial charge in [-0.3, -0.25) is 10.1 Å². The Morgan fingerprint density at radius 2 is 1.68 bits per heavy atom. The van der Waals surface area contributed by atoms with E-state index in [1.54, 1.807) is 42.5 Å². The van der Waals surface area contributed by atoms with E-state index in [0.717, 1.165) is 0 Å². The molecule has 2 aromatic rings. The molecule has 0 bridgehead atoms. The van der Waals surface area contributed by atoms with Crippen LogP contribution in [0.2, 0.25) is 5.02 Å². The number of anilines is 1. The van der Waals surface area contributed by atoms with Gasteiger partial charge < -0.3 is 10.4 Å². The topological polar surface area (TPSA) is 78.4 Å². The third-order valence-electron chi connectivity index (χ3n) is 2.74. The molecule has 2 aromatic carbocycles. The minimum Gasteiger partial charge on any atom is -0.478 e. The van der Waals surface area contributed by atoms with Crippen molar-refractivity contribution in [2.24, 2.45) is 0 Å². The molecule has 0 heterocycles. The summed E-state index contributed by atoms with van der Waals surface area (Å²) in [5, 5.41) is 14.8. The average molecular weight is 335 g/mol. The van der Waals surface area contributed by atoms with Crippen LogP contribution in [0.3, 0.4) is 0 Å². The van der Waals surface area contributed by atoms with Gasteiger partial charge in [-0.1, -0.05) is 23.7 Å². The Bertz CT molecular complexity index is 732. The maximum atomic E-state index is 12.0. The monoisotopic (exact) mass is 334 g/mol. The number of carbonyl (C=O) groups excluding carboxylic acids is 1. The van der Waals surface area contributed by atoms with Gasteiger partial charge in [0, 0.05) is 10.6 Å². The highest BCUT2D eigenvalue weighted by Crippen LogP contribution is 2.15. The zero-order valence-electron chi connectivity index (χ0n) is 11.2. The van der Waals surface area contributed by atoms with Gasteiger partial charge in [0.15, 0.2) is 5.11 Å². The number of thiocarbonyl (C=S) groups is 1. The molecule has 0 fully saturated rings. The molecule has 7 heteroatoms. The Balaban J connectivity index is 2.06. The van der Waals surface area contributed by atoms with E-state index in [4.69, 9.17) is 28.9 Å². The molecule has 2 rings (SSSR count). The molecule has 3 N–H and O–H groups in total. The first-order chi connectivity index (χ1) is 10.5. The standard InChI is InChI=1S/C15H11ClN2O3S/c16-10-7-5-9(6-8-10)13(19)18-15(22)17-12-4-2-1-3-11(12)14(20)21/h1-8H,(H,20,21)(H2,17,18,19,22). The van der Waals surface area contributed by atoms with E-state index in [0.29, 0.717) is 16.3 Å². The molecule has 0 unspecified atom stereocenters. The molecule has 22 heavy (non-hydrogen) atoms. The van der Waals surface area contributed by atoms with Gasteiger partial charge in [-0.05, 0) is 48.6 Å². The minimum absolute atomic E-state index is 0.00801. The van der Waals surface area contributed by atoms with Crippen LogP contribution in [0, 0.1) is 0 Å². The lowest BCUT2D eigenvalue weighted by Gasteiger charge is -2.11. The van der Waals surface area contributed by atoms with E-state index in [2.05, 4.69) is 10.6 Å². The maximum Gasteiger partial charge on any atom is 0.337 e. The zero-order valence-corrected chi connectivity index (χ0v) is 12.7. The summed E-state index contributed by atoms with van der Waals surface area (Å²) in [6, 6.07) is 12.6. The Kier molecular flexibility index (Phi) is 5.08. The number of hydrogen-bond acceptors (Lipinski definition) is 3. The van der Waals surface area contributed by atoms with E-state index in [-0.39, 0.29) is 10.7 Å². The lowest BCUT2D eigenvalue weighted by molar-refractivity contribution is 0.0698. The molecule has 1 amide bonds. The van der Waals surface area contributed by atoms with Crippen LogP contribution in [0.1, 0.15) is 20.7 Å². The molecular weight excluding hydrogens is 324 g/mol. The van der Waals surface area contributed by atoms with Crippen molar-refractivity contribution >= 4 is 46.5 Å². The van der Waals surface area contributed by atoms with Gasteiger partial charge in [0.25, 0.3) is 5.91 Å². The fourth-order valence-electron chi connectivity index (χ4n) is 1.71. The summed E-state index contributed by atoms with van der Waals surface area (Å²) < 4.78 is 0. The van der Waals surface area contributed by atoms with Gasteiger partial charge in [0.2, 0.25) is 0 Å². The first kappa shape index (κ1) is 15.9. The molecule has 112 valence electrons. The van der Waals surface area contributed by atoms with E-state index in [1.807, 2.05) is 0 Å². The van der Waals surface area contributed by atoms with Crippen molar-refractivity contribution < 1.29 is 14.7 Å². The molecule has 0 aliphatic rings. The van der Waals surface area contributed by atoms with Crippen molar-refractivity contribution in [3.8, 4) is 0 Å². The number of nitrogens with one attached hydrogen (secondary N) is 2. The number of aromatic carboxylic acids is 1. The highest BCUT2D eigenvalue weighted by Gasteiger charge is 2.12. The van der Waals surface area contributed by atoms with E-state index in [9.17, 15) is 9.59 Å². The molecule has 0 saturated heterocycles. The fourth-order valence-corrected chi connectivity index (χ4v) is 2.04. The minimum atomic E-state index is -1.09. The number of carbonyl (C=O) groups is 2. The van der Waals surface area contributed by atoms with Crippen LogP contribution in [0.4, 0.5) is 5.69 Å². The summed E-state index contributed by atoms with van der Waals surface area (Å²) in [5.74, 6) is -1.50. The number of para-hydroxylation sites is 1.